The molecule has 1 heterocycles. The Balaban J connectivity index is 2.44. The van der Waals surface area contributed by atoms with E-state index in [1.807, 2.05) is 0 Å². The number of hydrogen-bond acceptors (Lipinski definition) is 4. The van der Waals surface area contributed by atoms with Crippen molar-refractivity contribution in [3.63, 3.8) is 0 Å². The summed E-state index contributed by atoms with van der Waals surface area (Å²) in [4.78, 5) is 19.3. The molecule has 4 nitrogen and oxygen atoms in total. The van der Waals surface area contributed by atoms with E-state index >= 15 is 0 Å². The van der Waals surface area contributed by atoms with E-state index in [2.05, 4.69) is 14.7 Å². The summed E-state index contributed by atoms with van der Waals surface area (Å²) in [5.74, 6) is -0.725. The number of esters is 1. The molecule has 1 aromatic carbocycles. The molecule has 2 rings (SSSR count). The molecule has 0 aliphatic heterocycles. The largest absolute Gasteiger partial charge is 0.465 e. The number of aromatic nitrogens is 2. The highest BCUT2D eigenvalue weighted by Crippen LogP contribution is 2.21. The number of hydrogen-bond donors (Lipinski definition) is 0. The highest BCUT2D eigenvalue weighted by Gasteiger charge is 2.14. The summed E-state index contributed by atoms with van der Waals surface area (Å²) < 4.78 is 18.0. The van der Waals surface area contributed by atoms with Crippen LogP contribution in [0.1, 0.15) is 15.9 Å². The normalized spacial score (nSPS) is 10.3. The number of halogens is 2. The Morgan fingerprint density at radius 1 is 1.42 bits per heavy atom. The Bertz CT molecular complexity index is 647. The molecule has 0 aliphatic rings. The minimum absolute atomic E-state index is 0.0298. The number of aryl methyl sites for hydroxylation is 1. The molecule has 0 saturated heterocycles. The molecular weight excluding hydrogens is 271 g/mol. The number of nitrogens with zero attached hydrogens (tertiary/aromatic N) is 2. The molecule has 0 fully saturated rings. The lowest BCUT2D eigenvalue weighted by atomic mass is 10.1. The molecule has 6 heteroatoms. The van der Waals surface area contributed by atoms with Gasteiger partial charge in [-0.15, -0.1) is 0 Å². The number of carbonyl (C=O) groups excluding carboxylic acids is 1. The maximum absolute atomic E-state index is 13.5. The minimum Gasteiger partial charge on any atom is -0.465 e. The second-order valence-electron chi connectivity index (χ2n) is 3.85. The van der Waals surface area contributed by atoms with E-state index in [9.17, 15) is 9.18 Å². The van der Waals surface area contributed by atoms with Crippen molar-refractivity contribution in [2.75, 3.05) is 7.11 Å². The number of carbonyl (C=O) groups is 1. The van der Waals surface area contributed by atoms with Crippen molar-refractivity contribution in [1.29, 1.82) is 0 Å². The van der Waals surface area contributed by atoms with Crippen molar-refractivity contribution in [2.45, 2.75) is 6.92 Å². The van der Waals surface area contributed by atoms with Crippen LogP contribution in [0.4, 0.5) is 4.39 Å². The molecule has 0 amide bonds. The van der Waals surface area contributed by atoms with Gasteiger partial charge in [-0.05, 0) is 18.6 Å². The molecule has 0 N–H and O–H groups in total. The third kappa shape index (κ3) is 2.71. The fraction of sp³-hybridized carbons (Fsp3) is 0.154. The average Bonchev–Trinajstić information content (AvgIpc) is 2.41. The topological polar surface area (TPSA) is 52.1 Å². The first-order valence-corrected chi connectivity index (χ1v) is 5.78. The van der Waals surface area contributed by atoms with Crippen LogP contribution in [0, 0.1) is 12.7 Å². The van der Waals surface area contributed by atoms with Crippen LogP contribution in [0.5, 0.6) is 0 Å². The van der Waals surface area contributed by atoms with Gasteiger partial charge in [0.2, 0.25) is 0 Å². The fourth-order valence-corrected chi connectivity index (χ4v) is 1.68. The van der Waals surface area contributed by atoms with Gasteiger partial charge in [-0.3, -0.25) is 0 Å². The lowest BCUT2D eigenvalue weighted by Gasteiger charge is -2.05. The fourth-order valence-electron chi connectivity index (χ4n) is 1.48. The Kier molecular flexibility index (Phi) is 3.76. The third-order valence-corrected chi connectivity index (χ3v) is 2.87. The van der Waals surface area contributed by atoms with E-state index in [4.69, 9.17) is 11.6 Å². The van der Waals surface area contributed by atoms with Gasteiger partial charge in [-0.2, -0.15) is 0 Å². The van der Waals surface area contributed by atoms with Gasteiger partial charge in [0, 0.05) is 11.8 Å². The number of benzene rings is 1. The molecule has 98 valence electrons. The number of ether oxygens (including phenoxy) is 1. The Hall–Kier alpha value is -2.01. The summed E-state index contributed by atoms with van der Waals surface area (Å²) >= 11 is 5.88. The van der Waals surface area contributed by atoms with Crippen LogP contribution in [0.3, 0.4) is 0 Å². The van der Waals surface area contributed by atoms with E-state index in [1.54, 1.807) is 19.1 Å². The van der Waals surface area contributed by atoms with Gasteiger partial charge in [0.25, 0.3) is 0 Å². The molecule has 0 saturated carbocycles. The van der Waals surface area contributed by atoms with Crippen LogP contribution in [-0.4, -0.2) is 23.0 Å². The Morgan fingerprint density at radius 2 is 2.16 bits per heavy atom. The standard InChI is InChI=1S/C13H10ClFN2O2/c1-7-3-4-8(5-10(7)15)12-16-6-9(11(14)17-12)13(18)19-2/h3-6H,1-2H3. The van der Waals surface area contributed by atoms with Gasteiger partial charge in [-0.25, -0.2) is 19.2 Å². The summed E-state index contributed by atoms with van der Waals surface area (Å²) in [6.45, 7) is 1.66. The summed E-state index contributed by atoms with van der Waals surface area (Å²) in [7, 11) is 1.24. The molecule has 0 spiro atoms. The second kappa shape index (κ2) is 5.32. The van der Waals surface area contributed by atoms with E-state index in [1.165, 1.54) is 19.4 Å². The maximum atomic E-state index is 13.5. The van der Waals surface area contributed by atoms with Crippen LogP contribution >= 0.6 is 11.6 Å². The first-order valence-electron chi connectivity index (χ1n) is 5.40. The predicted octanol–water partition coefficient (Wildman–Crippen LogP) is 3.03. The summed E-state index contributed by atoms with van der Waals surface area (Å²) in [5, 5.41) is -0.0298. The lowest BCUT2D eigenvalue weighted by Crippen LogP contribution is -2.05. The first-order chi connectivity index (χ1) is 9.02. The number of rotatable bonds is 2. The van der Waals surface area contributed by atoms with Gasteiger partial charge in [-0.1, -0.05) is 23.7 Å². The zero-order valence-corrected chi connectivity index (χ0v) is 11.0. The van der Waals surface area contributed by atoms with Crippen molar-refractivity contribution in [1.82, 2.24) is 9.97 Å². The van der Waals surface area contributed by atoms with Crippen molar-refractivity contribution < 1.29 is 13.9 Å². The van der Waals surface area contributed by atoms with Gasteiger partial charge in [0.1, 0.15) is 16.5 Å². The van der Waals surface area contributed by atoms with Gasteiger partial charge >= 0.3 is 5.97 Å². The molecule has 19 heavy (non-hydrogen) atoms. The molecule has 0 aliphatic carbocycles. The Morgan fingerprint density at radius 3 is 2.74 bits per heavy atom. The third-order valence-electron chi connectivity index (χ3n) is 2.58. The highest BCUT2D eigenvalue weighted by atomic mass is 35.5. The van der Waals surface area contributed by atoms with Crippen LogP contribution in [0.15, 0.2) is 24.4 Å². The molecule has 0 radical (unpaired) electrons. The smallest absolute Gasteiger partial charge is 0.342 e. The molecule has 2 aromatic rings. The SMILES string of the molecule is COC(=O)c1cnc(-c2ccc(C)c(F)c2)nc1Cl. The first kappa shape index (κ1) is 13.4. The number of methoxy groups -OCH3 is 1. The minimum atomic E-state index is -0.619. The van der Waals surface area contributed by atoms with Gasteiger partial charge < -0.3 is 4.74 Å². The van der Waals surface area contributed by atoms with Gasteiger partial charge in [0.15, 0.2) is 5.82 Å². The average molecular weight is 281 g/mol. The van der Waals surface area contributed by atoms with E-state index in [0.717, 1.165) is 0 Å². The summed E-state index contributed by atoms with van der Waals surface area (Å²) in [6.07, 6.45) is 1.26. The lowest BCUT2D eigenvalue weighted by molar-refractivity contribution is 0.0600. The van der Waals surface area contributed by atoms with Crippen molar-refractivity contribution in [3.8, 4) is 11.4 Å². The molecule has 0 unspecified atom stereocenters. The van der Waals surface area contributed by atoms with E-state index < -0.39 is 5.97 Å². The summed E-state index contributed by atoms with van der Waals surface area (Å²) in [6, 6.07) is 4.62. The van der Waals surface area contributed by atoms with Crippen LogP contribution in [-0.2, 0) is 4.74 Å². The monoisotopic (exact) mass is 280 g/mol. The van der Waals surface area contributed by atoms with Crippen LogP contribution < -0.4 is 0 Å². The second-order valence-corrected chi connectivity index (χ2v) is 4.21. The molecule has 1 aromatic heterocycles. The molecule has 0 atom stereocenters. The molecular formula is C13H10ClFN2O2. The maximum Gasteiger partial charge on any atom is 0.342 e. The van der Waals surface area contributed by atoms with E-state index in [-0.39, 0.29) is 22.4 Å². The molecule has 0 bridgehead atoms. The highest BCUT2D eigenvalue weighted by molar-refractivity contribution is 6.32. The summed E-state index contributed by atoms with van der Waals surface area (Å²) in [5.41, 5.74) is 1.09. The zero-order chi connectivity index (χ0) is 14.0. The van der Waals surface area contributed by atoms with Gasteiger partial charge in [0.05, 0.1) is 7.11 Å². The van der Waals surface area contributed by atoms with Crippen LogP contribution in [0.25, 0.3) is 11.4 Å². The van der Waals surface area contributed by atoms with E-state index in [0.29, 0.717) is 11.1 Å². The van der Waals surface area contributed by atoms with Crippen molar-refractivity contribution >= 4 is 17.6 Å². The van der Waals surface area contributed by atoms with Crippen LogP contribution in [0.2, 0.25) is 5.15 Å². The zero-order valence-electron chi connectivity index (χ0n) is 10.3. The predicted molar refractivity (Wildman–Crippen MR) is 68.5 cm³/mol. The van der Waals surface area contributed by atoms with Crippen molar-refractivity contribution in [2.24, 2.45) is 0 Å². The van der Waals surface area contributed by atoms with Crippen molar-refractivity contribution in [3.05, 3.63) is 46.5 Å². The Labute approximate surface area is 114 Å². The quantitative estimate of drug-likeness (QED) is 0.627.